The first-order valence-corrected chi connectivity index (χ1v) is 20.2. The van der Waals surface area contributed by atoms with E-state index in [0.29, 0.717) is 17.5 Å². The Kier molecular flexibility index (Phi) is 8.56. The molecule has 59 heavy (non-hydrogen) atoms. The second-order valence-corrected chi connectivity index (χ2v) is 15.0. The Bertz CT molecular complexity index is 3210. The molecule has 0 aliphatic heterocycles. The Labute approximate surface area is 344 Å². The van der Waals surface area contributed by atoms with Gasteiger partial charge in [0, 0.05) is 38.4 Å². The van der Waals surface area contributed by atoms with Crippen LogP contribution < -0.4 is 0 Å². The number of hydrogen-bond donors (Lipinski definition) is 0. The summed E-state index contributed by atoms with van der Waals surface area (Å²) < 4.78 is 9.19. The van der Waals surface area contributed by atoms with E-state index in [-0.39, 0.29) is 0 Å². The molecule has 276 valence electrons. The van der Waals surface area contributed by atoms with Crippen LogP contribution in [0.1, 0.15) is 0 Å². The molecule has 3 heterocycles. The first kappa shape index (κ1) is 34.5. The molecule has 0 fully saturated rings. The van der Waals surface area contributed by atoms with Crippen molar-refractivity contribution in [2.24, 2.45) is 0 Å². The lowest BCUT2D eigenvalue weighted by molar-refractivity contribution is 1.07. The number of fused-ring (bicyclic) bond motifs is 5. The number of hydrogen-bond acceptors (Lipinski definition) is 7. The Balaban J connectivity index is 0.962. The number of para-hydroxylation sites is 1. The van der Waals surface area contributed by atoms with E-state index in [9.17, 15) is 0 Å². The minimum Gasteiger partial charge on any atom is -0.247 e. The molecule has 0 aliphatic rings. The first-order chi connectivity index (χ1) is 29.2. The van der Waals surface area contributed by atoms with E-state index < -0.39 is 0 Å². The van der Waals surface area contributed by atoms with Crippen LogP contribution in [-0.2, 0) is 0 Å². The summed E-state index contributed by atoms with van der Waals surface area (Å²) in [6.45, 7) is 0. The number of aromatic nitrogens is 6. The highest BCUT2D eigenvalue weighted by Gasteiger charge is 2.17. The number of pyridine rings is 1. The van der Waals surface area contributed by atoms with Crippen molar-refractivity contribution in [3.63, 3.8) is 0 Å². The van der Waals surface area contributed by atoms with Crippen LogP contribution in [0.5, 0.6) is 0 Å². The van der Waals surface area contributed by atoms with Crippen LogP contribution in [0.3, 0.4) is 0 Å². The SMILES string of the molecule is c1ccc(-c2cccc(-c3nc(-c4ccc(-c5ccc(-c6nc7ccccc7c7c6ccc6nsnc67)cc5)cc4)nc(-c4cccc(-c5ccccc5)c4)n3)c2)cc1. The third kappa shape index (κ3) is 6.49. The molecule has 0 N–H and O–H groups in total. The van der Waals surface area contributed by atoms with E-state index in [1.807, 2.05) is 24.3 Å². The number of benzene rings is 8. The highest BCUT2D eigenvalue weighted by molar-refractivity contribution is 7.00. The van der Waals surface area contributed by atoms with Gasteiger partial charge in [0.05, 0.1) is 22.9 Å². The second-order valence-electron chi connectivity index (χ2n) is 14.5. The van der Waals surface area contributed by atoms with Crippen molar-refractivity contribution in [3.8, 4) is 78.8 Å². The molecule has 11 aromatic rings. The van der Waals surface area contributed by atoms with Crippen LogP contribution in [0.4, 0.5) is 0 Å². The lowest BCUT2D eigenvalue weighted by Gasteiger charge is -2.12. The molecule has 7 heteroatoms. The van der Waals surface area contributed by atoms with Gasteiger partial charge in [0.2, 0.25) is 0 Å². The summed E-state index contributed by atoms with van der Waals surface area (Å²) in [5.74, 6) is 1.85. The topological polar surface area (TPSA) is 77.3 Å². The zero-order valence-corrected chi connectivity index (χ0v) is 32.4. The molecule has 8 aromatic carbocycles. The van der Waals surface area contributed by atoms with Crippen LogP contribution in [0.25, 0.3) is 112 Å². The maximum atomic E-state index is 5.15. The van der Waals surface area contributed by atoms with E-state index in [1.54, 1.807) is 0 Å². The Hall–Kier alpha value is -7.74. The molecule has 0 bridgehead atoms. The molecule has 3 aromatic heterocycles. The van der Waals surface area contributed by atoms with E-state index in [1.165, 1.54) is 11.7 Å². The molecule has 6 nitrogen and oxygen atoms in total. The monoisotopic (exact) mass is 772 g/mol. The van der Waals surface area contributed by atoms with E-state index in [2.05, 4.69) is 179 Å². The molecule has 0 amide bonds. The summed E-state index contributed by atoms with van der Waals surface area (Å²) in [6, 6.07) is 67.1. The lowest BCUT2D eigenvalue weighted by atomic mass is 9.97. The van der Waals surface area contributed by atoms with Gasteiger partial charge in [0.15, 0.2) is 17.5 Å². The smallest absolute Gasteiger partial charge is 0.164 e. The fraction of sp³-hybridized carbons (Fsp3) is 0. The van der Waals surface area contributed by atoms with Crippen molar-refractivity contribution >= 4 is 44.4 Å². The average Bonchev–Trinajstić information content (AvgIpc) is 3.81. The molecular formula is C52H32N6S. The normalized spacial score (nSPS) is 11.4. The van der Waals surface area contributed by atoms with Gasteiger partial charge in [-0.3, -0.25) is 0 Å². The third-order valence-electron chi connectivity index (χ3n) is 10.8. The number of nitrogens with zero attached hydrogens (tertiary/aromatic N) is 6. The van der Waals surface area contributed by atoms with Crippen molar-refractivity contribution in [2.45, 2.75) is 0 Å². The summed E-state index contributed by atoms with van der Waals surface area (Å²) in [5.41, 5.74) is 14.2. The maximum Gasteiger partial charge on any atom is 0.164 e. The zero-order valence-electron chi connectivity index (χ0n) is 31.6. The van der Waals surface area contributed by atoms with Crippen LogP contribution in [-0.4, -0.2) is 28.7 Å². The fourth-order valence-electron chi connectivity index (χ4n) is 7.84. The molecule has 0 aliphatic carbocycles. The van der Waals surface area contributed by atoms with E-state index >= 15 is 0 Å². The number of rotatable bonds is 7. The third-order valence-corrected chi connectivity index (χ3v) is 11.4. The van der Waals surface area contributed by atoms with Gasteiger partial charge in [-0.25, -0.2) is 19.9 Å². The van der Waals surface area contributed by atoms with Crippen molar-refractivity contribution in [3.05, 3.63) is 194 Å². The summed E-state index contributed by atoms with van der Waals surface area (Å²) in [7, 11) is 0. The Morgan fingerprint density at radius 2 is 0.763 bits per heavy atom. The van der Waals surface area contributed by atoms with Crippen molar-refractivity contribution < 1.29 is 0 Å². The molecule has 0 saturated carbocycles. The summed E-state index contributed by atoms with van der Waals surface area (Å²) >= 11 is 1.24. The fourth-order valence-corrected chi connectivity index (χ4v) is 8.38. The van der Waals surface area contributed by atoms with Gasteiger partial charge < -0.3 is 0 Å². The molecular weight excluding hydrogens is 741 g/mol. The van der Waals surface area contributed by atoms with Crippen molar-refractivity contribution in [2.75, 3.05) is 0 Å². The maximum absolute atomic E-state index is 5.15. The molecule has 11 rings (SSSR count). The van der Waals surface area contributed by atoms with Gasteiger partial charge in [-0.15, -0.1) is 0 Å². The van der Waals surface area contributed by atoms with Gasteiger partial charge in [0.1, 0.15) is 11.0 Å². The van der Waals surface area contributed by atoms with Gasteiger partial charge >= 0.3 is 0 Å². The van der Waals surface area contributed by atoms with Crippen LogP contribution in [0.2, 0.25) is 0 Å². The molecule has 0 atom stereocenters. The predicted molar refractivity (Wildman–Crippen MR) is 242 cm³/mol. The first-order valence-electron chi connectivity index (χ1n) is 19.4. The molecule has 0 spiro atoms. The molecule has 0 unspecified atom stereocenters. The average molecular weight is 773 g/mol. The summed E-state index contributed by atoms with van der Waals surface area (Å²) in [5, 5.41) is 3.24. The van der Waals surface area contributed by atoms with E-state index in [0.717, 1.165) is 94.0 Å². The van der Waals surface area contributed by atoms with Crippen LogP contribution in [0.15, 0.2) is 194 Å². The van der Waals surface area contributed by atoms with Gasteiger partial charge in [0.25, 0.3) is 0 Å². The predicted octanol–water partition coefficient (Wildman–Crippen LogP) is 13.2. The van der Waals surface area contributed by atoms with Crippen molar-refractivity contribution in [1.82, 2.24) is 28.7 Å². The minimum atomic E-state index is 0.612. The molecule has 0 radical (unpaired) electrons. The second kappa shape index (κ2) is 14.6. The largest absolute Gasteiger partial charge is 0.247 e. The standard InChI is InChI=1S/C52H32N6S/c1-3-11-33(12-4-1)39-15-9-17-41(31-39)51-54-50(55-52(56-51)42-18-10-16-40(32-42)34-13-5-2-6-14-34)38-27-23-36(24-28-38)35-21-25-37(26-22-35)48-44-29-30-46-49(58-59-57-46)47(44)43-19-7-8-20-45(43)53-48/h1-32H. The van der Waals surface area contributed by atoms with Gasteiger partial charge in [-0.05, 0) is 63.7 Å². The summed E-state index contributed by atoms with van der Waals surface area (Å²) in [4.78, 5) is 20.4. The van der Waals surface area contributed by atoms with Crippen LogP contribution >= 0.6 is 11.7 Å². The molecule has 0 saturated heterocycles. The Morgan fingerprint density at radius 1 is 0.288 bits per heavy atom. The highest BCUT2D eigenvalue weighted by atomic mass is 32.1. The van der Waals surface area contributed by atoms with Crippen LogP contribution in [0, 0.1) is 0 Å². The zero-order chi connectivity index (χ0) is 39.1. The summed E-state index contributed by atoms with van der Waals surface area (Å²) in [6.07, 6.45) is 0. The quantitative estimate of drug-likeness (QED) is 0.150. The van der Waals surface area contributed by atoms with E-state index in [4.69, 9.17) is 19.9 Å². The minimum absolute atomic E-state index is 0.612. The van der Waals surface area contributed by atoms with Gasteiger partial charge in [-0.1, -0.05) is 164 Å². The van der Waals surface area contributed by atoms with Crippen molar-refractivity contribution in [1.29, 1.82) is 0 Å². The Morgan fingerprint density at radius 3 is 1.37 bits per heavy atom. The van der Waals surface area contributed by atoms with Gasteiger partial charge in [-0.2, -0.15) is 8.75 Å². The lowest BCUT2D eigenvalue weighted by Crippen LogP contribution is -2.00. The highest BCUT2D eigenvalue weighted by Crippen LogP contribution is 2.37.